The zero-order valence-electron chi connectivity index (χ0n) is 53.2. The van der Waals surface area contributed by atoms with E-state index in [2.05, 4.69) is 29.1 Å². The van der Waals surface area contributed by atoms with Gasteiger partial charge in [0.2, 0.25) is 5.91 Å². The maximum atomic E-state index is 13.6. The molecule has 7 rings (SSSR count). The summed E-state index contributed by atoms with van der Waals surface area (Å²) in [6.45, 7) is 20.3. The number of aryl methyl sites for hydroxylation is 3. The van der Waals surface area contributed by atoms with E-state index in [9.17, 15) is 43.2 Å². The molecule has 1 amide bonds. The molecular weight excluding hydrogens is 1180 g/mol. The van der Waals surface area contributed by atoms with Crippen molar-refractivity contribution < 1.29 is 105 Å². The van der Waals surface area contributed by atoms with Gasteiger partial charge in [0.05, 0.1) is 37.8 Å². The van der Waals surface area contributed by atoms with Gasteiger partial charge in [-0.2, -0.15) is 0 Å². The quantitative estimate of drug-likeness (QED) is 0.0537. The summed E-state index contributed by atoms with van der Waals surface area (Å²) < 4.78 is 74.3. The number of aromatic amines is 2. The summed E-state index contributed by atoms with van der Waals surface area (Å²) in [7, 11) is 0. The number of hydrogen-bond donors (Lipinski definition) is 3. The number of nitrogens with zero attached hydrogens (tertiary/aromatic N) is 2. The Morgan fingerprint density at radius 1 is 0.544 bits per heavy atom. The van der Waals surface area contributed by atoms with E-state index in [1.165, 1.54) is 13.8 Å². The zero-order chi connectivity index (χ0) is 65.8. The second-order valence-corrected chi connectivity index (χ2v) is 22.4. The van der Waals surface area contributed by atoms with Crippen LogP contribution in [0.5, 0.6) is 0 Å². The molecule has 90 heavy (non-hydrogen) atoms. The molecule has 0 unspecified atom stereocenters. The summed E-state index contributed by atoms with van der Waals surface area (Å²) in [5.41, 5.74) is 11.3. The summed E-state index contributed by atoms with van der Waals surface area (Å²) in [5.74, 6) is -6.65. The number of hydrogen-bond acceptors (Lipinski definition) is 24. The molecule has 0 spiro atoms. The van der Waals surface area contributed by atoms with Crippen LogP contribution in [0.4, 0.5) is 0 Å². The third-order valence-corrected chi connectivity index (χ3v) is 15.6. The first-order chi connectivity index (χ1) is 42.6. The van der Waals surface area contributed by atoms with Gasteiger partial charge in [-0.25, -0.2) is 4.98 Å². The molecule has 2 saturated heterocycles. The predicted octanol–water partition coefficient (Wildman–Crippen LogP) is 5.86. The molecule has 4 aliphatic rings. The monoisotopic (exact) mass is 1260 g/mol. The third-order valence-electron chi connectivity index (χ3n) is 15.6. The standard InChI is InChI=1S/C63H81N5O22/c1-15-42-30(3)48-25-51-44(26-82-63-61(88-41(14)76)59(86-39(12)74)57(84-37(10)72)53(90-63)28-81-35(8)70)32(5)47(67-51)24-49-31(4)43(55(68-49)33(6)46-22-29(2)45(65-46)23-50(42)66-48)16-17-54(77)64-18-19-78-20-21-79-62-60(87-40(13)75)58(85-38(11)73)56(83-36(9)71)52(89-62)27-80-34(7)69/h22-25,31,43,52-53,56-63,66-67H,15-21,26-28H2,1-14H3,(H,64,77)/t31-,43-,52+,53+,56+,57+,58-,59-,60+,61+,62+,63+/m0/s1. The second-order valence-electron chi connectivity index (χ2n) is 22.4. The van der Waals surface area contributed by atoms with E-state index in [0.717, 1.165) is 103 Å². The van der Waals surface area contributed by atoms with E-state index in [-0.39, 0.29) is 57.1 Å². The van der Waals surface area contributed by atoms with E-state index in [1.54, 1.807) is 0 Å². The highest BCUT2D eigenvalue weighted by molar-refractivity contribution is 5.85. The summed E-state index contributed by atoms with van der Waals surface area (Å²) >= 11 is 0. The minimum Gasteiger partial charge on any atom is -0.463 e. The van der Waals surface area contributed by atoms with E-state index in [4.69, 9.17) is 71.5 Å². The Bertz CT molecular complexity index is 3410. The van der Waals surface area contributed by atoms with Crippen molar-refractivity contribution in [1.29, 1.82) is 0 Å². The number of allylic oxidation sites excluding steroid dienone is 1. The molecule has 0 saturated carbocycles. The second kappa shape index (κ2) is 31.1. The fraction of sp³-hybridized carbons (Fsp3) is 0.571. The molecule has 490 valence electrons. The highest BCUT2D eigenvalue weighted by Crippen LogP contribution is 2.42. The topological polar surface area (TPSA) is 343 Å². The van der Waals surface area contributed by atoms with Gasteiger partial charge in [0.15, 0.2) is 49.2 Å². The largest absolute Gasteiger partial charge is 0.463 e. The number of carbonyl (C=O) groups excluding carboxylic acids is 9. The highest BCUT2D eigenvalue weighted by atomic mass is 16.7. The van der Waals surface area contributed by atoms with Gasteiger partial charge in [-0.3, -0.25) is 48.1 Å². The zero-order valence-corrected chi connectivity index (χ0v) is 53.2. The molecule has 0 aromatic carbocycles. The van der Waals surface area contributed by atoms with E-state index < -0.39 is 122 Å². The SMILES string of the molecule is CCc1c(C)c2cc3[nH]c(cc4nc(c(C)c5nc(cc1[nH]2)C(C)=C5)[C@@H](CCC(=O)NCCOCCO[C@@H]1O[C@H](COC(C)=O)[C@@H](OC(C)=O)[C@H](OC(C)=O)[C@H]1OC(C)=O)[C@@H]4C)c(C)c3CO[C@@H]1O[C@H](COC(C)=O)[C@@H](OC(C)=O)[C@H](OC(C)=O)[C@H]1OC(C)=O. The molecule has 3 aromatic heterocycles. The molecule has 8 bridgehead atoms. The van der Waals surface area contributed by atoms with Gasteiger partial charge in [-0.05, 0) is 92.6 Å². The van der Waals surface area contributed by atoms with Crippen LogP contribution in [0.15, 0.2) is 18.2 Å². The average Bonchev–Trinajstić information content (AvgIpc) is 1.33. The number of H-pyrrole nitrogens is 2. The van der Waals surface area contributed by atoms with Crippen LogP contribution in [-0.2, 0) is 118 Å². The van der Waals surface area contributed by atoms with Crippen molar-refractivity contribution in [1.82, 2.24) is 25.3 Å². The molecule has 27 heteroatoms. The maximum absolute atomic E-state index is 13.6. The predicted molar refractivity (Wildman–Crippen MR) is 317 cm³/mol. The minimum absolute atomic E-state index is 0.0246. The minimum atomic E-state index is -1.45. The molecule has 3 N–H and O–H groups in total. The van der Waals surface area contributed by atoms with Crippen molar-refractivity contribution in [3.63, 3.8) is 0 Å². The molecule has 27 nitrogen and oxygen atoms in total. The van der Waals surface area contributed by atoms with Crippen molar-refractivity contribution in [2.45, 2.75) is 196 Å². The molecule has 3 aromatic rings. The van der Waals surface area contributed by atoms with Gasteiger partial charge in [-0.15, -0.1) is 0 Å². The first-order valence-corrected chi connectivity index (χ1v) is 29.7. The van der Waals surface area contributed by atoms with Gasteiger partial charge in [0.25, 0.3) is 0 Å². The van der Waals surface area contributed by atoms with Crippen LogP contribution in [0.3, 0.4) is 0 Å². The van der Waals surface area contributed by atoms with Crippen molar-refractivity contribution in [2.75, 3.05) is 39.6 Å². The fourth-order valence-corrected chi connectivity index (χ4v) is 11.4. The number of amides is 1. The lowest BCUT2D eigenvalue weighted by Gasteiger charge is -2.44. The Morgan fingerprint density at radius 3 is 1.56 bits per heavy atom. The van der Waals surface area contributed by atoms with Crippen LogP contribution >= 0.6 is 0 Å². The summed E-state index contributed by atoms with van der Waals surface area (Å²) in [5, 5.41) is 2.92. The van der Waals surface area contributed by atoms with Crippen LogP contribution in [0.1, 0.15) is 151 Å². The maximum Gasteiger partial charge on any atom is 0.303 e. The van der Waals surface area contributed by atoms with Gasteiger partial charge in [-0.1, -0.05) is 13.8 Å². The van der Waals surface area contributed by atoms with E-state index in [0.29, 0.717) is 29.4 Å². The smallest absolute Gasteiger partial charge is 0.303 e. The summed E-state index contributed by atoms with van der Waals surface area (Å²) in [4.78, 5) is 130. The van der Waals surface area contributed by atoms with Gasteiger partial charge < -0.3 is 76.9 Å². The normalized spacial score (nSPS) is 23.7. The Labute approximate surface area is 520 Å². The average molecular weight is 1260 g/mol. The number of aromatic nitrogens is 4. The lowest BCUT2D eigenvalue weighted by molar-refractivity contribution is -0.310. The molecule has 4 aliphatic heterocycles. The van der Waals surface area contributed by atoms with Crippen molar-refractivity contribution in [3.8, 4) is 0 Å². The molecule has 0 aliphatic carbocycles. The Morgan fingerprint density at radius 2 is 1.03 bits per heavy atom. The number of fused-ring (bicyclic) bond motifs is 8. The number of esters is 8. The van der Waals surface area contributed by atoms with Crippen LogP contribution in [0, 0.1) is 20.8 Å². The molecule has 12 atom stereocenters. The lowest BCUT2D eigenvalue weighted by atomic mass is 9.85. The van der Waals surface area contributed by atoms with Crippen LogP contribution < -0.4 is 5.32 Å². The summed E-state index contributed by atoms with van der Waals surface area (Å²) in [6, 6.07) is 5.98. The fourth-order valence-electron chi connectivity index (χ4n) is 11.4. The molecule has 7 heterocycles. The van der Waals surface area contributed by atoms with Crippen LogP contribution in [0.25, 0.3) is 33.7 Å². The Kier molecular flexibility index (Phi) is 24.0. The third kappa shape index (κ3) is 17.6. The van der Waals surface area contributed by atoms with Gasteiger partial charge >= 0.3 is 47.8 Å². The van der Waals surface area contributed by atoms with Crippen LogP contribution in [0.2, 0.25) is 0 Å². The van der Waals surface area contributed by atoms with Gasteiger partial charge in [0, 0.05) is 119 Å². The van der Waals surface area contributed by atoms with E-state index >= 15 is 0 Å². The van der Waals surface area contributed by atoms with Gasteiger partial charge in [0.1, 0.15) is 25.4 Å². The van der Waals surface area contributed by atoms with Crippen LogP contribution in [-0.4, -0.2) is 175 Å². The number of carbonyl (C=O) groups is 9. The number of rotatable bonds is 24. The summed E-state index contributed by atoms with van der Waals surface area (Å²) in [6.07, 6.45) is -10.4. The molecule has 2 fully saturated rings. The highest BCUT2D eigenvalue weighted by Gasteiger charge is 2.54. The number of nitrogens with one attached hydrogen (secondary N) is 3. The van der Waals surface area contributed by atoms with Crippen molar-refractivity contribution >= 4 is 87.4 Å². The van der Waals surface area contributed by atoms with Crippen molar-refractivity contribution in [3.05, 3.63) is 68.8 Å². The number of ether oxygens (including phenoxy) is 13. The van der Waals surface area contributed by atoms with Crippen molar-refractivity contribution in [2.24, 2.45) is 0 Å². The molecule has 0 radical (unpaired) electrons. The first-order valence-electron chi connectivity index (χ1n) is 29.7. The lowest BCUT2D eigenvalue weighted by Crippen LogP contribution is -2.63. The molecular formula is C63H81N5O22. The Hall–Kier alpha value is -8.11. The first kappa shape index (κ1) is 69.4. The van der Waals surface area contributed by atoms with E-state index in [1.807, 2.05) is 52.0 Å². The Balaban J connectivity index is 1.12.